The number of carbonyl (C=O) groups excluding carboxylic acids is 2. The van der Waals surface area contributed by atoms with Gasteiger partial charge >= 0.3 is 18.3 Å². The lowest BCUT2D eigenvalue weighted by molar-refractivity contribution is -0.274. The average Bonchev–Trinajstić information content (AvgIpc) is 3.12. The third-order valence-electron chi connectivity index (χ3n) is 7.92. The highest BCUT2D eigenvalue weighted by Crippen LogP contribution is 2.32. The summed E-state index contributed by atoms with van der Waals surface area (Å²) in [5.74, 6) is -0.588. The van der Waals surface area contributed by atoms with Crippen molar-refractivity contribution >= 4 is 23.6 Å². The zero-order chi connectivity index (χ0) is 37.3. The molecule has 0 amide bonds. The Morgan fingerprint density at radius 3 is 2.15 bits per heavy atom. The highest BCUT2D eigenvalue weighted by Gasteiger charge is 2.31. The molecule has 0 aliphatic rings. The molecule has 1 unspecified atom stereocenters. The van der Waals surface area contributed by atoms with Crippen molar-refractivity contribution in [3.05, 3.63) is 120 Å². The quantitative estimate of drug-likeness (QED) is 0.0589. The van der Waals surface area contributed by atoms with Crippen molar-refractivity contribution in [2.75, 3.05) is 46.4 Å². The maximum atomic E-state index is 12.7. The molecule has 0 bridgehead atoms. The molecule has 0 fully saturated rings. The Morgan fingerprint density at radius 2 is 1.46 bits per heavy atom. The molecule has 0 saturated carbocycles. The minimum atomic E-state index is -4.80. The van der Waals surface area contributed by atoms with E-state index in [9.17, 15) is 22.8 Å². The summed E-state index contributed by atoms with van der Waals surface area (Å²) in [7, 11) is 1.81. The summed E-state index contributed by atoms with van der Waals surface area (Å²) in [6, 6.07) is 31.5. The number of benzene rings is 4. The Hall–Kier alpha value is -5.13. The average molecular weight is 719 g/mol. The van der Waals surface area contributed by atoms with Crippen LogP contribution in [0.15, 0.2) is 103 Å². The van der Waals surface area contributed by atoms with Crippen LogP contribution in [0.5, 0.6) is 11.5 Å². The second-order valence-electron chi connectivity index (χ2n) is 12.0. The Bertz CT molecular complexity index is 1750. The highest BCUT2D eigenvalue weighted by molar-refractivity contribution is 5.83. The van der Waals surface area contributed by atoms with Crippen LogP contribution in [0.3, 0.4) is 0 Å². The molecule has 11 heteroatoms. The number of halogens is 3. The molecule has 0 radical (unpaired) electrons. The molecule has 8 nitrogen and oxygen atoms in total. The molecule has 1 atom stereocenters. The van der Waals surface area contributed by atoms with Gasteiger partial charge in [-0.1, -0.05) is 72.8 Å². The Kier molecular flexibility index (Phi) is 15.3. The van der Waals surface area contributed by atoms with Crippen molar-refractivity contribution in [3.63, 3.8) is 0 Å². The van der Waals surface area contributed by atoms with Crippen molar-refractivity contribution in [1.29, 1.82) is 0 Å². The second kappa shape index (κ2) is 20.0. The summed E-state index contributed by atoms with van der Waals surface area (Å²) < 4.78 is 58.7. The molecule has 0 aliphatic heterocycles. The van der Waals surface area contributed by atoms with Crippen molar-refractivity contribution in [1.82, 2.24) is 10.2 Å². The summed E-state index contributed by atoms with van der Waals surface area (Å²) in [5.41, 5.74) is 5.98. The fourth-order valence-corrected chi connectivity index (χ4v) is 5.53. The van der Waals surface area contributed by atoms with Gasteiger partial charge in [0.25, 0.3) is 0 Å². The fraction of sp³-hybridized carbons (Fsp3) is 0.317. The summed E-state index contributed by atoms with van der Waals surface area (Å²) in [5, 5.41) is 3.17. The van der Waals surface area contributed by atoms with E-state index in [1.54, 1.807) is 13.8 Å². The molecular weight excluding hydrogens is 673 g/mol. The number of nitrogens with one attached hydrogen (secondary N) is 1. The van der Waals surface area contributed by atoms with Crippen LogP contribution in [-0.4, -0.2) is 69.6 Å². The molecule has 276 valence electrons. The first kappa shape index (κ1) is 39.7. The third-order valence-corrected chi connectivity index (χ3v) is 7.92. The Morgan fingerprint density at radius 1 is 0.808 bits per heavy atom. The number of carbonyl (C=O) groups is 2. The SMILES string of the molecule is CCOC(=O)CNCC/C(=C/c1cccc(-c2cccc(C(CCN(C)CC(=O)OCC)Oc3ccc(OC(F)(F)F)cc3)c2)c1)c1ccccc1. The summed E-state index contributed by atoms with van der Waals surface area (Å²) in [6.07, 6.45) is -1.97. The maximum absolute atomic E-state index is 12.7. The van der Waals surface area contributed by atoms with Crippen LogP contribution < -0.4 is 14.8 Å². The molecule has 4 aromatic carbocycles. The van der Waals surface area contributed by atoms with Gasteiger partial charge in [0, 0.05) is 13.0 Å². The fourth-order valence-electron chi connectivity index (χ4n) is 5.53. The van der Waals surface area contributed by atoms with Crippen molar-refractivity contribution < 1.29 is 41.7 Å². The first-order valence-electron chi connectivity index (χ1n) is 17.2. The third kappa shape index (κ3) is 13.5. The highest BCUT2D eigenvalue weighted by atomic mass is 19.4. The van der Waals surface area contributed by atoms with Gasteiger partial charge in [0.05, 0.1) is 26.3 Å². The van der Waals surface area contributed by atoms with Gasteiger partial charge < -0.3 is 24.3 Å². The van der Waals surface area contributed by atoms with E-state index in [0.29, 0.717) is 38.3 Å². The lowest BCUT2D eigenvalue weighted by atomic mass is 9.96. The molecule has 0 saturated heterocycles. The maximum Gasteiger partial charge on any atom is 0.573 e. The molecule has 0 aliphatic carbocycles. The number of esters is 2. The van der Waals surface area contributed by atoms with Gasteiger partial charge in [-0.25, -0.2) is 0 Å². The minimum Gasteiger partial charge on any atom is -0.486 e. The zero-order valence-corrected chi connectivity index (χ0v) is 29.7. The van der Waals surface area contributed by atoms with Gasteiger partial charge in [-0.05, 0) is 104 Å². The van der Waals surface area contributed by atoms with Crippen molar-refractivity contribution in [2.24, 2.45) is 0 Å². The Labute approximate surface area is 303 Å². The number of hydrogen-bond donors (Lipinski definition) is 1. The van der Waals surface area contributed by atoms with E-state index in [4.69, 9.17) is 14.2 Å². The van der Waals surface area contributed by atoms with Gasteiger partial charge in [-0.2, -0.15) is 0 Å². The first-order chi connectivity index (χ1) is 25.0. The van der Waals surface area contributed by atoms with Gasteiger partial charge in [0.2, 0.25) is 0 Å². The monoisotopic (exact) mass is 718 g/mol. The predicted molar refractivity (Wildman–Crippen MR) is 196 cm³/mol. The first-order valence-corrected chi connectivity index (χ1v) is 17.2. The lowest BCUT2D eigenvalue weighted by Gasteiger charge is -2.23. The number of rotatable bonds is 19. The Balaban J connectivity index is 1.57. The minimum absolute atomic E-state index is 0.108. The molecule has 0 heterocycles. The predicted octanol–water partition coefficient (Wildman–Crippen LogP) is 8.34. The second-order valence-corrected chi connectivity index (χ2v) is 12.0. The summed E-state index contributed by atoms with van der Waals surface area (Å²) >= 11 is 0. The lowest BCUT2D eigenvalue weighted by Crippen LogP contribution is -2.29. The summed E-state index contributed by atoms with van der Waals surface area (Å²) in [4.78, 5) is 25.7. The van der Waals surface area contributed by atoms with Crippen LogP contribution in [0.4, 0.5) is 13.2 Å². The van der Waals surface area contributed by atoms with Crippen molar-refractivity contribution in [3.8, 4) is 22.6 Å². The van der Waals surface area contributed by atoms with Gasteiger partial charge in [0.1, 0.15) is 17.6 Å². The molecule has 4 rings (SSSR count). The van der Waals surface area contributed by atoms with Crippen molar-refractivity contribution in [2.45, 2.75) is 39.2 Å². The van der Waals surface area contributed by atoms with E-state index in [0.717, 1.165) is 33.4 Å². The van der Waals surface area contributed by atoms with Gasteiger partial charge in [-0.15, -0.1) is 13.2 Å². The molecule has 0 spiro atoms. The normalized spacial score (nSPS) is 12.3. The molecular formula is C41H45F3N2O6. The van der Waals surface area contributed by atoms with Gasteiger partial charge in [-0.3, -0.25) is 14.5 Å². The van der Waals surface area contributed by atoms with Crippen LogP contribution in [-0.2, 0) is 19.1 Å². The molecule has 52 heavy (non-hydrogen) atoms. The van der Waals surface area contributed by atoms with Crippen LogP contribution in [0.2, 0.25) is 0 Å². The largest absolute Gasteiger partial charge is 0.573 e. The topological polar surface area (TPSA) is 86.3 Å². The van der Waals surface area contributed by atoms with Crippen LogP contribution >= 0.6 is 0 Å². The molecule has 4 aromatic rings. The number of likely N-dealkylation sites (N-methyl/N-ethyl adjacent to an activating group) is 1. The van der Waals surface area contributed by atoms with E-state index in [1.807, 2.05) is 72.6 Å². The molecule has 0 aromatic heterocycles. The van der Waals surface area contributed by atoms with Crippen LogP contribution in [0.25, 0.3) is 22.8 Å². The van der Waals surface area contributed by atoms with E-state index < -0.39 is 12.5 Å². The number of hydrogen-bond acceptors (Lipinski definition) is 8. The number of alkyl halides is 3. The smallest absolute Gasteiger partial charge is 0.486 e. The summed E-state index contributed by atoms with van der Waals surface area (Å²) in [6.45, 7) is 5.50. The van der Waals surface area contributed by atoms with Crippen LogP contribution in [0, 0.1) is 0 Å². The molecule has 1 N–H and O–H groups in total. The number of nitrogens with zero attached hydrogens (tertiary/aromatic N) is 1. The zero-order valence-electron chi connectivity index (χ0n) is 29.7. The van der Waals surface area contributed by atoms with E-state index >= 15 is 0 Å². The van der Waals surface area contributed by atoms with E-state index in [2.05, 4.69) is 34.3 Å². The number of ether oxygens (including phenoxy) is 4. The van der Waals surface area contributed by atoms with E-state index in [1.165, 1.54) is 24.3 Å². The standard InChI is InChI=1S/C41H45F3N2O6/c1-4-49-39(47)28-45-23-21-34(31-12-7-6-8-13-31)26-30-11-9-14-32(25-30)33-15-10-16-35(27-33)38(22-24-46(3)29-40(48)50-5-2)51-36-17-19-37(20-18-36)52-41(42,43)44/h6-20,25-27,38,45H,4-5,21-24,28-29H2,1-3H3/b34-26-. The van der Waals surface area contributed by atoms with E-state index in [-0.39, 0.29) is 37.4 Å². The van der Waals surface area contributed by atoms with Gasteiger partial charge in [0.15, 0.2) is 0 Å². The van der Waals surface area contributed by atoms with Crippen LogP contribution in [0.1, 0.15) is 49.5 Å².